The fourth-order valence-electron chi connectivity index (χ4n) is 1.61. The number of hydrogen-bond donors (Lipinski definition) is 0. The fourth-order valence-corrected chi connectivity index (χ4v) is 1.76. The van der Waals surface area contributed by atoms with Gasteiger partial charge in [-0.05, 0) is 25.3 Å². The number of rotatable bonds is 4. The van der Waals surface area contributed by atoms with E-state index >= 15 is 0 Å². The lowest BCUT2D eigenvalue weighted by Crippen LogP contribution is -2.26. The normalized spacial score (nSPS) is 20.7. The third-order valence-electron chi connectivity index (χ3n) is 2.52. The van der Waals surface area contributed by atoms with Crippen LogP contribution in [0.3, 0.4) is 0 Å². The predicted octanol–water partition coefficient (Wildman–Crippen LogP) is 2.16. The highest BCUT2D eigenvalue weighted by Gasteiger charge is 2.14. The molecule has 1 aromatic heterocycles. The predicted molar refractivity (Wildman–Crippen MR) is 60.7 cm³/mol. The van der Waals surface area contributed by atoms with Crippen molar-refractivity contribution >= 4 is 11.6 Å². The quantitative estimate of drug-likeness (QED) is 0.759. The molecular weight excluding hydrogens is 228 g/mol. The average Bonchev–Trinajstić information content (AvgIpc) is 2.38. The van der Waals surface area contributed by atoms with Crippen molar-refractivity contribution in [3.8, 4) is 5.88 Å². The minimum atomic E-state index is 0.197. The molecule has 2 heterocycles. The van der Waals surface area contributed by atoms with Gasteiger partial charge in [0.2, 0.25) is 5.88 Å². The SMILES string of the molecule is ClCc1ccc(OCC2CCCCO2)nn1. The van der Waals surface area contributed by atoms with Gasteiger partial charge < -0.3 is 9.47 Å². The Morgan fingerprint density at radius 1 is 1.38 bits per heavy atom. The van der Waals surface area contributed by atoms with Gasteiger partial charge in [0.15, 0.2) is 0 Å². The monoisotopic (exact) mass is 242 g/mol. The molecule has 0 N–H and O–H groups in total. The molecule has 0 bridgehead atoms. The van der Waals surface area contributed by atoms with Crippen LogP contribution in [0.4, 0.5) is 0 Å². The van der Waals surface area contributed by atoms with Gasteiger partial charge in [-0.3, -0.25) is 0 Å². The third kappa shape index (κ3) is 3.32. The van der Waals surface area contributed by atoms with E-state index in [0.29, 0.717) is 18.4 Å². The molecule has 1 aromatic rings. The Morgan fingerprint density at radius 3 is 2.94 bits per heavy atom. The van der Waals surface area contributed by atoms with Gasteiger partial charge in [-0.15, -0.1) is 16.7 Å². The first kappa shape index (κ1) is 11.6. The Balaban J connectivity index is 1.79. The Morgan fingerprint density at radius 2 is 2.31 bits per heavy atom. The van der Waals surface area contributed by atoms with Crippen LogP contribution in [0.1, 0.15) is 25.0 Å². The van der Waals surface area contributed by atoms with Gasteiger partial charge >= 0.3 is 0 Å². The van der Waals surface area contributed by atoms with Crippen LogP contribution in [0.15, 0.2) is 12.1 Å². The fraction of sp³-hybridized carbons (Fsp3) is 0.636. The maximum atomic E-state index is 5.61. The van der Waals surface area contributed by atoms with Gasteiger partial charge in [-0.25, -0.2) is 0 Å². The Kier molecular flexibility index (Phi) is 4.36. The largest absolute Gasteiger partial charge is 0.474 e. The van der Waals surface area contributed by atoms with E-state index < -0.39 is 0 Å². The second-order valence-corrected chi connectivity index (χ2v) is 4.06. The molecule has 0 aliphatic carbocycles. The van der Waals surface area contributed by atoms with E-state index in [1.54, 1.807) is 6.07 Å². The number of alkyl halides is 1. The molecule has 16 heavy (non-hydrogen) atoms. The van der Waals surface area contributed by atoms with Crippen LogP contribution in [0, 0.1) is 0 Å². The van der Waals surface area contributed by atoms with Gasteiger partial charge in [-0.1, -0.05) is 0 Å². The van der Waals surface area contributed by atoms with Gasteiger partial charge in [0.1, 0.15) is 6.61 Å². The van der Waals surface area contributed by atoms with Crippen LogP contribution in [0.2, 0.25) is 0 Å². The minimum Gasteiger partial charge on any atom is -0.474 e. The average molecular weight is 243 g/mol. The maximum Gasteiger partial charge on any atom is 0.233 e. The Hall–Kier alpha value is -0.870. The zero-order valence-electron chi connectivity index (χ0n) is 9.06. The summed E-state index contributed by atoms with van der Waals surface area (Å²) in [7, 11) is 0. The van der Waals surface area contributed by atoms with Gasteiger partial charge in [0, 0.05) is 12.7 Å². The smallest absolute Gasteiger partial charge is 0.233 e. The molecule has 0 aromatic carbocycles. The van der Waals surface area contributed by atoms with Crippen molar-refractivity contribution in [2.45, 2.75) is 31.2 Å². The van der Waals surface area contributed by atoms with Crippen molar-refractivity contribution in [2.24, 2.45) is 0 Å². The van der Waals surface area contributed by atoms with Crippen molar-refractivity contribution in [1.82, 2.24) is 10.2 Å². The van der Waals surface area contributed by atoms with Crippen molar-refractivity contribution in [3.63, 3.8) is 0 Å². The number of hydrogen-bond acceptors (Lipinski definition) is 4. The molecule has 5 heteroatoms. The summed E-state index contributed by atoms with van der Waals surface area (Å²) < 4.78 is 11.1. The van der Waals surface area contributed by atoms with Crippen LogP contribution < -0.4 is 4.74 Å². The molecule has 88 valence electrons. The maximum absolute atomic E-state index is 5.61. The lowest BCUT2D eigenvalue weighted by molar-refractivity contribution is -0.0121. The van der Waals surface area contributed by atoms with E-state index in [9.17, 15) is 0 Å². The highest BCUT2D eigenvalue weighted by atomic mass is 35.5. The van der Waals surface area contributed by atoms with E-state index in [4.69, 9.17) is 21.1 Å². The first-order valence-electron chi connectivity index (χ1n) is 5.51. The summed E-state index contributed by atoms with van der Waals surface area (Å²) in [5.41, 5.74) is 0.753. The van der Waals surface area contributed by atoms with Crippen molar-refractivity contribution in [3.05, 3.63) is 17.8 Å². The van der Waals surface area contributed by atoms with Gasteiger partial charge in [0.25, 0.3) is 0 Å². The molecule has 1 atom stereocenters. The summed E-state index contributed by atoms with van der Waals surface area (Å²) in [5.74, 6) is 0.905. The molecule has 0 radical (unpaired) electrons. The first-order valence-corrected chi connectivity index (χ1v) is 6.05. The number of halogens is 1. The van der Waals surface area contributed by atoms with Crippen molar-refractivity contribution in [1.29, 1.82) is 0 Å². The van der Waals surface area contributed by atoms with E-state index in [0.717, 1.165) is 25.1 Å². The summed E-state index contributed by atoms with van der Waals surface area (Å²) in [6, 6.07) is 3.60. The molecule has 0 spiro atoms. The molecule has 0 saturated carbocycles. The Labute approximate surface area is 99.9 Å². The molecule has 1 aliphatic rings. The third-order valence-corrected chi connectivity index (χ3v) is 2.80. The summed E-state index contributed by atoms with van der Waals surface area (Å²) in [6.07, 6.45) is 3.63. The summed E-state index contributed by atoms with van der Waals surface area (Å²) in [4.78, 5) is 0. The standard InChI is InChI=1S/C11H15ClN2O2/c12-7-9-4-5-11(14-13-9)16-8-10-3-1-2-6-15-10/h4-5,10H,1-3,6-8H2. The van der Waals surface area contributed by atoms with Gasteiger partial charge in [0.05, 0.1) is 17.7 Å². The summed E-state index contributed by atoms with van der Waals surface area (Å²) in [5, 5.41) is 7.83. The van der Waals surface area contributed by atoms with E-state index in [-0.39, 0.29) is 6.10 Å². The van der Waals surface area contributed by atoms with Crippen LogP contribution >= 0.6 is 11.6 Å². The summed E-state index contributed by atoms with van der Waals surface area (Å²) in [6.45, 7) is 1.39. The molecule has 1 unspecified atom stereocenters. The molecule has 0 amide bonds. The Bertz CT molecular complexity index is 312. The second kappa shape index (κ2) is 6.01. The van der Waals surface area contributed by atoms with E-state index in [2.05, 4.69) is 10.2 Å². The lowest BCUT2D eigenvalue weighted by Gasteiger charge is -2.22. The molecular formula is C11H15ClN2O2. The number of aromatic nitrogens is 2. The first-order chi connectivity index (χ1) is 7.88. The minimum absolute atomic E-state index is 0.197. The molecule has 4 nitrogen and oxygen atoms in total. The lowest BCUT2D eigenvalue weighted by atomic mass is 10.1. The zero-order valence-corrected chi connectivity index (χ0v) is 9.82. The van der Waals surface area contributed by atoms with Crippen LogP contribution in [0.25, 0.3) is 0 Å². The molecule has 1 aliphatic heterocycles. The van der Waals surface area contributed by atoms with E-state index in [1.165, 1.54) is 6.42 Å². The van der Waals surface area contributed by atoms with Gasteiger partial charge in [-0.2, -0.15) is 5.10 Å². The molecule has 1 saturated heterocycles. The summed E-state index contributed by atoms with van der Waals surface area (Å²) >= 11 is 5.61. The zero-order chi connectivity index (χ0) is 11.2. The van der Waals surface area contributed by atoms with Crippen molar-refractivity contribution < 1.29 is 9.47 Å². The van der Waals surface area contributed by atoms with Crippen LogP contribution in [0.5, 0.6) is 5.88 Å². The van der Waals surface area contributed by atoms with E-state index in [1.807, 2.05) is 6.07 Å². The highest BCUT2D eigenvalue weighted by molar-refractivity contribution is 6.16. The number of ether oxygens (including phenoxy) is 2. The molecule has 2 rings (SSSR count). The topological polar surface area (TPSA) is 44.2 Å². The van der Waals surface area contributed by atoms with Crippen molar-refractivity contribution in [2.75, 3.05) is 13.2 Å². The van der Waals surface area contributed by atoms with Crippen LogP contribution in [-0.2, 0) is 10.6 Å². The number of nitrogens with zero attached hydrogens (tertiary/aromatic N) is 2. The second-order valence-electron chi connectivity index (χ2n) is 3.80. The molecule has 1 fully saturated rings. The highest BCUT2D eigenvalue weighted by Crippen LogP contribution is 2.14. The van der Waals surface area contributed by atoms with Crippen LogP contribution in [-0.4, -0.2) is 29.5 Å².